The van der Waals surface area contributed by atoms with Crippen molar-refractivity contribution in [3.63, 3.8) is 0 Å². The summed E-state index contributed by atoms with van der Waals surface area (Å²) in [6, 6.07) is 0. The van der Waals surface area contributed by atoms with Crippen molar-refractivity contribution in [3.8, 4) is 12.3 Å². The van der Waals surface area contributed by atoms with Gasteiger partial charge in [-0.2, -0.15) is 0 Å². The molecule has 0 aliphatic heterocycles. The second-order valence-electron chi connectivity index (χ2n) is 9.29. The monoisotopic (exact) mass is 330 g/mol. The lowest BCUT2D eigenvalue weighted by molar-refractivity contribution is -0.123. The van der Waals surface area contributed by atoms with Crippen molar-refractivity contribution in [1.29, 1.82) is 0 Å². The molecule has 3 saturated carbocycles. The van der Waals surface area contributed by atoms with Crippen molar-refractivity contribution in [2.45, 2.75) is 76.6 Å². The van der Waals surface area contributed by atoms with E-state index in [2.05, 4.69) is 19.8 Å². The van der Waals surface area contributed by atoms with Crippen LogP contribution in [-0.4, -0.2) is 33.1 Å². The minimum Gasteiger partial charge on any atom is -0.393 e. The van der Waals surface area contributed by atoms with Gasteiger partial charge in [-0.1, -0.05) is 31.4 Å². The Morgan fingerprint density at radius 2 is 1.79 bits per heavy atom. The van der Waals surface area contributed by atoms with Gasteiger partial charge in [-0.25, -0.2) is 0 Å². The van der Waals surface area contributed by atoms with Gasteiger partial charge in [0.2, 0.25) is 0 Å². The van der Waals surface area contributed by atoms with Crippen LogP contribution in [0, 0.1) is 40.9 Å². The molecule has 0 spiro atoms. The summed E-state index contributed by atoms with van der Waals surface area (Å²) >= 11 is 0. The minimum absolute atomic E-state index is 0.0846. The molecule has 8 atom stereocenters. The molecule has 3 fully saturated rings. The summed E-state index contributed by atoms with van der Waals surface area (Å²) in [6.07, 6.45) is 13.0. The summed E-state index contributed by atoms with van der Waals surface area (Å²) in [4.78, 5) is 0. The number of hydrogen-bond donors (Lipinski definition) is 3. The van der Waals surface area contributed by atoms with Crippen LogP contribution in [0.15, 0.2) is 11.6 Å². The molecular weight excluding hydrogens is 300 g/mol. The van der Waals surface area contributed by atoms with Gasteiger partial charge in [0.15, 0.2) is 0 Å². The minimum atomic E-state index is -1.03. The van der Waals surface area contributed by atoms with E-state index in [4.69, 9.17) is 6.42 Å². The Balaban J connectivity index is 1.75. The fraction of sp³-hybridized carbons (Fsp3) is 0.810. The second-order valence-corrected chi connectivity index (χ2v) is 9.29. The van der Waals surface area contributed by atoms with Crippen LogP contribution in [-0.2, 0) is 0 Å². The molecule has 24 heavy (non-hydrogen) atoms. The molecular formula is C21H30O3. The number of rotatable bonds is 0. The molecule has 132 valence electrons. The molecule has 0 aromatic heterocycles. The molecule has 0 amide bonds. The first kappa shape index (κ1) is 16.6. The van der Waals surface area contributed by atoms with E-state index in [0.717, 1.165) is 32.1 Å². The molecule has 3 nitrogen and oxygen atoms in total. The number of aliphatic hydroxyl groups excluding tert-OH is 2. The van der Waals surface area contributed by atoms with Crippen molar-refractivity contribution < 1.29 is 15.3 Å². The quantitative estimate of drug-likeness (QED) is 0.473. The average molecular weight is 330 g/mol. The van der Waals surface area contributed by atoms with Gasteiger partial charge in [0.1, 0.15) is 5.60 Å². The van der Waals surface area contributed by atoms with E-state index >= 15 is 0 Å². The van der Waals surface area contributed by atoms with Crippen LogP contribution >= 0.6 is 0 Å². The molecule has 4 aliphatic carbocycles. The third kappa shape index (κ3) is 1.91. The van der Waals surface area contributed by atoms with Crippen molar-refractivity contribution in [3.05, 3.63) is 11.6 Å². The summed E-state index contributed by atoms with van der Waals surface area (Å²) in [5, 5.41) is 32.0. The smallest absolute Gasteiger partial charge is 0.130 e. The molecule has 0 aromatic carbocycles. The van der Waals surface area contributed by atoms with Crippen molar-refractivity contribution in [1.82, 2.24) is 0 Å². The first-order chi connectivity index (χ1) is 11.2. The third-order valence-electron chi connectivity index (χ3n) is 8.49. The van der Waals surface area contributed by atoms with E-state index in [-0.39, 0.29) is 28.8 Å². The standard InChI is InChI=1S/C21H30O3/c1-4-21(24)10-7-16-18-15(6-9-20(16,21)3)19(2)8-5-14(22)11-13(19)12-17(18)23/h1,12,14-18,22-24H,5-11H2,2-3H3/t14?,15-,16+,17?,18-,19+,20+,21?/m1/s1. The number of terminal acetylenes is 1. The highest BCUT2D eigenvalue weighted by molar-refractivity contribution is 5.30. The molecule has 0 aromatic rings. The van der Waals surface area contributed by atoms with Crippen LogP contribution < -0.4 is 0 Å². The molecule has 4 aliphatic rings. The second kappa shape index (κ2) is 5.10. The maximum Gasteiger partial charge on any atom is 0.130 e. The lowest BCUT2D eigenvalue weighted by Crippen LogP contribution is -2.57. The zero-order valence-corrected chi connectivity index (χ0v) is 14.8. The number of fused-ring (bicyclic) bond motifs is 5. The maximum absolute atomic E-state index is 11.0. The third-order valence-corrected chi connectivity index (χ3v) is 8.49. The SMILES string of the molecule is C#CC1(O)CC[C@H]2[C@@H]3C(O)C=C4CC(O)CC[C@]4(C)[C@@H]3CC[C@@]21C. The summed E-state index contributed by atoms with van der Waals surface area (Å²) in [5.41, 5.74) is 0.0145. The lowest BCUT2D eigenvalue weighted by Gasteiger charge is -2.59. The lowest BCUT2D eigenvalue weighted by atomic mass is 9.46. The molecule has 3 heteroatoms. The highest BCUT2D eigenvalue weighted by atomic mass is 16.3. The van der Waals surface area contributed by atoms with Crippen molar-refractivity contribution >= 4 is 0 Å². The molecule has 4 rings (SSSR count). The van der Waals surface area contributed by atoms with Crippen LogP contribution in [0.3, 0.4) is 0 Å². The Morgan fingerprint density at radius 1 is 1.08 bits per heavy atom. The predicted molar refractivity (Wildman–Crippen MR) is 92.9 cm³/mol. The molecule has 3 N–H and O–H groups in total. The number of hydrogen-bond acceptors (Lipinski definition) is 3. The predicted octanol–water partition coefficient (Wildman–Crippen LogP) is 2.65. The summed E-state index contributed by atoms with van der Waals surface area (Å²) < 4.78 is 0. The summed E-state index contributed by atoms with van der Waals surface area (Å²) in [7, 11) is 0. The van der Waals surface area contributed by atoms with Gasteiger partial charge in [-0.15, -0.1) is 6.42 Å². The zero-order chi connectivity index (χ0) is 17.3. The van der Waals surface area contributed by atoms with Crippen LogP contribution in [0.2, 0.25) is 0 Å². The van der Waals surface area contributed by atoms with E-state index in [1.54, 1.807) is 0 Å². The average Bonchev–Trinajstić information content (AvgIpc) is 2.82. The van der Waals surface area contributed by atoms with Gasteiger partial charge in [-0.05, 0) is 68.1 Å². The molecule has 0 saturated heterocycles. The van der Waals surface area contributed by atoms with Crippen molar-refractivity contribution in [2.75, 3.05) is 0 Å². The highest BCUT2D eigenvalue weighted by Gasteiger charge is 2.64. The maximum atomic E-state index is 11.0. The van der Waals surface area contributed by atoms with Gasteiger partial charge in [0.25, 0.3) is 0 Å². The summed E-state index contributed by atoms with van der Waals surface area (Å²) in [5.74, 6) is 3.56. The van der Waals surface area contributed by atoms with Crippen LogP contribution in [0.25, 0.3) is 0 Å². The first-order valence-electron chi connectivity index (χ1n) is 9.53. The largest absolute Gasteiger partial charge is 0.393 e. The molecule has 0 radical (unpaired) electrons. The fourth-order valence-electron chi connectivity index (χ4n) is 6.88. The summed E-state index contributed by atoms with van der Waals surface area (Å²) in [6.45, 7) is 4.47. The Bertz CT molecular complexity index is 619. The Labute approximate surface area is 145 Å². The van der Waals surface area contributed by atoms with E-state index in [9.17, 15) is 15.3 Å². The fourth-order valence-corrected chi connectivity index (χ4v) is 6.88. The van der Waals surface area contributed by atoms with Crippen LogP contribution in [0.4, 0.5) is 0 Å². The number of aliphatic hydroxyl groups is 3. The zero-order valence-electron chi connectivity index (χ0n) is 14.8. The van der Waals surface area contributed by atoms with Gasteiger partial charge < -0.3 is 15.3 Å². The normalized spacial score (nSPS) is 56.5. The molecule has 3 unspecified atom stereocenters. The van der Waals surface area contributed by atoms with Crippen molar-refractivity contribution in [2.24, 2.45) is 28.6 Å². The topological polar surface area (TPSA) is 60.7 Å². The Kier molecular flexibility index (Phi) is 3.53. The molecule has 0 bridgehead atoms. The van der Waals surface area contributed by atoms with E-state index in [1.165, 1.54) is 5.57 Å². The van der Waals surface area contributed by atoms with Gasteiger partial charge >= 0.3 is 0 Å². The van der Waals surface area contributed by atoms with Gasteiger partial charge in [-0.3, -0.25) is 0 Å². The Hall–Kier alpha value is -0.820. The van der Waals surface area contributed by atoms with E-state index in [1.807, 2.05) is 6.08 Å². The Morgan fingerprint density at radius 3 is 2.50 bits per heavy atom. The highest BCUT2D eigenvalue weighted by Crippen LogP contribution is 2.66. The van der Waals surface area contributed by atoms with Crippen LogP contribution in [0.5, 0.6) is 0 Å². The van der Waals surface area contributed by atoms with E-state index < -0.39 is 11.7 Å². The van der Waals surface area contributed by atoms with Gasteiger partial charge in [0.05, 0.1) is 12.2 Å². The van der Waals surface area contributed by atoms with E-state index in [0.29, 0.717) is 18.8 Å². The molecule has 0 heterocycles. The first-order valence-corrected chi connectivity index (χ1v) is 9.53. The van der Waals surface area contributed by atoms with Gasteiger partial charge in [0, 0.05) is 5.41 Å². The van der Waals surface area contributed by atoms with Crippen LogP contribution in [0.1, 0.15) is 58.8 Å².